The van der Waals surface area contributed by atoms with Crippen LogP contribution in [0.5, 0.6) is 5.75 Å². The van der Waals surface area contributed by atoms with E-state index in [0.29, 0.717) is 45.8 Å². The highest BCUT2D eigenvalue weighted by atomic mass is 35.5. The standard InChI is InChI=1S/C25H27ClN2O3/c1-3-16-31-21-7-5-4-6-20(21)28-24(29)22(18-8-10-19(26)11-9-18)23(25(28)30)27-14-12-17(2)13-15-27/h4-11,17H,3,12-16H2,1-2H3. The molecule has 0 radical (unpaired) electrons. The van der Waals surface area contributed by atoms with Gasteiger partial charge in [-0.2, -0.15) is 0 Å². The first-order valence-corrected chi connectivity index (χ1v) is 11.2. The second kappa shape index (κ2) is 9.15. The van der Waals surface area contributed by atoms with E-state index in [1.165, 1.54) is 4.90 Å². The lowest BCUT2D eigenvalue weighted by atomic mass is 9.97. The molecule has 0 unspecified atom stereocenters. The van der Waals surface area contributed by atoms with E-state index in [9.17, 15) is 9.59 Å². The third kappa shape index (κ3) is 4.19. The Kier molecular flexibility index (Phi) is 6.33. The van der Waals surface area contributed by atoms with Gasteiger partial charge in [0.1, 0.15) is 11.4 Å². The summed E-state index contributed by atoms with van der Waals surface area (Å²) in [5, 5.41) is 0.588. The second-order valence-electron chi connectivity index (χ2n) is 8.16. The number of likely N-dealkylation sites (tertiary alicyclic amines) is 1. The number of halogens is 1. The molecule has 0 saturated carbocycles. The number of carbonyl (C=O) groups excluding carboxylic acids is 2. The number of imide groups is 1. The van der Waals surface area contributed by atoms with Crippen molar-refractivity contribution >= 4 is 34.7 Å². The molecule has 0 atom stereocenters. The van der Waals surface area contributed by atoms with Gasteiger partial charge >= 0.3 is 0 Å². The van der Waals surface area contributed by atoms with Crippen LogP contribution < -0.4 is 9.64 Å². The molecule has 1 saturated heterocycles. The second-order valence-corrected chi connectivity index (χ2v) is 8.60. The molecule has 4 rings (SSSR count). The number of piperidine rings is 1. The Balaban J connectivity index is 1.79. The number of hydrogen-bond acceptors (Lipinski definition) is 4. The number of benzene rings is 2. The molecule has 0 spiro atoms. The van der Waals surface area contributed by atoms with Crippen LogP contribution in [0.25, 0.3) is 5.57 Å². The van der Waals surface area contributed by atoms with Crippen molar-refractivity contribution < 1.29 is 14.3 Å². The smallest absolute Gasteiger partial charge is 0.282 e. The molecule has 162 valence electrons. The third-order valence-corrected chi connectivity index (χ3v) is 6.11. The number of carbonyl (C=O) groups is 2. The number of para-hydroxylation sites is 2. The largest absolute Gasteiger partial charge is 0.491 e. The van der Waals surface area contributed by atoms with E-state index in [2.05, 4.69) is 11.8 Å². The van der Waals surface area contributed by atoms with Gasteiger partial charge in [-0.3, -0.25) is 9.59 Å². The minimum absolute atomic E-state index is 0.294. The molecule has 1 fully saturated rings. The van der Waals surface area contributed by atoms with Gasteiger partial charge in [0.25, 0.3) is 11.8 Å². The number of nitrogens with zero attached hydrogens (tertiary/aromatic N) is 2. The number of anilines is 1. The Labute approximate surface area is 188 Å². The van der Waals surface area contributed by atoms with Crippen molar-refractivity contribution in [2.24, 2.45) is 5.92 Å². The zero-order chi connectivity index (χ0) is 22.0. The van der Waals surface area contributed by atoms with Gasteiger partial charge in [-0.05, 0) is 55.0 Å². The van der Waals surface area contributed by atoms with E-state index in [-0.39, 0.29) is 11.8 Å². The molecule has 0 N–H and O–H groups in total. The first-order chi connectivity index (χ1) is 15.0. The number of ether oxygens (including phenoxy) is 1. The van der Waals surface area contributed by atoms with E-state index in [1.807, 2.05) is 19.1 Å². The Morgan fingerprint density at radius 1 is 1.00 bits per heavy atom. The summed E-state index contributed by atoms with van der Waals surface area (Å²) < 4.78 is 5.85. The Hall–Kier alpha value is -2.79. The zero-order valence-corrected chi connectivity index (χ0v) is 18.7. The topological polar surface area (TPSA) is 49.9 Å². The van der Waals surface area contributed by atoms with Crippen molar-refractivity contribution in [1.82, 2.24) is 4.90 Å². The van der Waals surface area contributed by atoms with Crippen molar-refractivity contribution in [1.29, 1.82) is 0 Å². The molecular formula is C25H27ClN2O3. The van der Waals surface area contributed by atoms with Crippen LogP contribution in [-0.4, -0.2) is 36.4 Å². The highest BCUT2D eigenvalue weighted by molar-refractivity contribution is 6.45. The molecule has 31 heavy (non-hydrogen) atoms. The summed E-state index contributed by atoms with van der Waals surface area (Å²) in [6.45, 7) is 6.27. The minimum atomic E-state index is -0.325. The highest BCUT2D eigenvalue weighted by Crippen LogP contribution is 2.39. The van der Waals surface area contributed by atoms with Gasteiger partial charge < -0.3 is 9.64 Å². The first-order valence-electron chi connectivity index (χ1n) is 10.9. The summed E-state index contributed by atoms with van der Waals surface area (Å²) in [5.41, 5.74) is 2.09. The predicted octanol–water partition coefficient (Wildman–Crippen LogP) is 5.15. The molecule has 2 amide bonds. The summed E-state index contributed by atoms with van der Waals surface area (Å²) in [6.07, 6.45) is 2.83. The summed E-state index contributed by atoms with van der Waals surface area (Å²) in [7, 11) is 0. The number of rotatable bonds is 6. The van der Waals surface area contributed by atoms with Crippen molar-refractivity contribution in [2.75, 3.05) is 24.6 Å². The average Bonchev–Trinajstić information content (AvgIpc) is 3.03. The number of amides is 2. The van der Waals surface area contributed by atoms with Gasteiger partial charge in [0.2, 0.25) is 0 Å². The molecule has 2 aromatic rings. The van der Waals surface area contributed by atoms with Gasteiger partial charge in [-0.1, -0.05) is 49.7 Å². The van der Waals surface area contributed by atoms with E-state index >= 15 is 0 Å². The van der Waals surface area contributed by atoms with Crippen molar-refractivity contribution in [2.45, 2.75) is 33.1 Å². The molecule has 2 heterocycles. The Morgan fingerprint density at radius 2 is 1.68 bits per heavy atom. The van der Waals surface area contributed by atoms with Crippen LogP contribution >= 0.6 is 11.6 Å². The van der Waals surface area contributed by atoms with Crippen molar-refractivity contribution in [3.05, 3.63) is 64.8 Å². The van der Waals surface area contributed by atoms with Gasteiger partial charge in [-0.15, -0.1) is 0 Å². The van der Waals surface area contributed by atoms with Crippen LogP contribution in [0.1, 0.15) is 38.7 Å². The first kappa shape index (κ1) is 21.4. The quantitative estimate of drug-likeness (QED) is 0.585. The predicted molar refractivity (Wildman–Crippen MR) is 123 cm³/mol. The maximum Gasteiger partial charge on any atom is 0.282 e. The highest BCUT2D eigenvalue weighted by Gasteiger charge is 2.43. The van der Waals surface area contributed by atoms with Crippen molar-refractivity contribution in [3.63, 3.8) is 0 Å². The fraction of sp³-hybridized carbons (Fsp3) is 0.360. The van der Waals surface area contributed by atoms with Crippen LogP contribution in [0.2, 0.25) is 5.02 Å². The van der Waals surface area contributed by atoms with Crippen LogP contribution in [-0.2, 0) is 9.59 Å². The summed E-state index contributed by atoms with van der Waals surface area (Å²) in [4.78, 5) is 30.7. The molecule has 5 nitrogen and oxygen atoms in total. The third-order valence-electron chi connectivity index (χ3n) is 5.86. The summed E-state index contributed by atoms with van der Waals surface area (Å²) >= 11 is 6.07. The summed E-state index contributed by atoms with van der Waals surface area (Å²) in [5.74, 6) is 0.530. The zero-order valence-electron chi connectivity index (χ0n) is 17.9. The minimum Gasteiger partial charge on any atom is -0.491 e. The molecule has 0 aliphatic carbocycles. The van der Waals surface area contributed by atoms with Crippen molar-refractivity contribution in [3.8, 4) is 5.75 Å². The Bertz CT molecular complexity index is 1010. The normalized spacial score (nSPS) is 17.6. The van der Waals surface area contributed by atoms with Crippen LogP contribution in [0.4, 0.5) is 5.69 Å². The van der Waals surface area contributed by atoms with Gasteiger partial charge in [0.15, 0.2) is 0 Å². The number of hydrogen-bond donors (Lipinski definition) is 0. The van der Waals surface area contributed by atoms with Crippen LogP contribution in [0, 0.1) is 5.92 Å². The molecular weight excluding hydrogens is 412 g/mol. The van der Waals surface area contributed by atoms with E-state index < -0.39 is 0 Å². The van der Waals surface area contributed by atoms with Gasteiger partial charge in [-0.25, -0.2) is 4.90 Å². The Morgan fingerprint density at radius 3 is 2.35 bits per heavy atom. The summed E-state index contributed by atoms with van der Waals surface area (Å²) in [6, 6.07) is 14.3. The molecule has 2 aromatic carbocycles. The van der Waals surface area contributed by atoms with E-state index in [0.717, 1.165) is 32.4 Å². The monoisotopic (exact) mass is 438 g/mol. The van der Waals surface area contributed by atoms with E-state index in [4.69, 9.17) is 16.3 Å². The average molecular weight is 439 g/mol. The fourth-order valence-electron chi connectivity index (χ4n) is 4.12. The molecule has 0 bridgehead atoms. The van der Waals surface area contributed by atoms with Crippen LogP contribution in [0.3, 0.4) is 0 Å². The molecule has 0 aromatic heterocycles. The molecule has 2 aliphatic heterocycles. The molecule has 6 heteroatoms. The van der Waals surface area contributed by atoms with Gasteiger partial charge in [0, 0.05) is 18.1 Å². The maximum absolute atomic E-state index is 13.7. The lowest BCUT2D eigenvalue weighted by molar-refractivity contribution is -0.120. The lowest BCUT2D eigenvalue weighted by Gasteiger charge is -2.32. The van der Waals surface area contributed by atoms with E-state index in [1.54, 1.807) is 36.4 Å². The van der Waals surface area contributed by atoms with Gasteiger partial charge in [0.05, 0.1) is 17.9 Å². The fourth-order valence-corrected chi connectivity index (χ4v) is 4.24. The lowest BCUT2D eigenvalue weighted by Crippen LogP contribution is -2.38. The maximum atomic E-state index is 13.7. The SMILES string of the molecule is CCCOc1ccccc1N1C(=O)C(c2ccc(Cl)cc2)=C(N2CCC(C)CC2)C1=O. The van der Waals surface area contributed by atoms with Crippen LogP contribution in [0.15, 0.2) is 54.2 Å². The molecule has 2 aliphatic rings.